The third-order valence-electron chi connectivity index (χ3n) is 6.82. The molecule has 2 unspecified atom stereocenters. The molecule has 3 aromatic rings. The van der Waals surface area contributed by atoms with E-state index in [1.807, 2.05) is 19.2 Å². The molecule has 4 rings (SSSR count). The van der Waals surface area contributed by atoms with Gasteiger partial charge >= 0.3 is 8.25 Å². The fraction of sp³-hybridized carbons (Fsp3) is 0.500. The van der Waals surface area contributed by atoms with Gasteiger partial charge in [-0.3, -0.25) is 9.36 Å². The topological polar surface area (TPSA) is 158 Å². The van der Waals surface area contributed by atoms with E-state index in [-0.39, 0.29) is 24.2 Å². The summed E-state index contributed by atoms with van der Waals surface area (Å²) < 4.78 is 31.3. The van der Waals surface area contributed by atoms with E-state index < -0.39 is 47.7 Å². The lowest BCUT2D eigenvalue weighted by molar-refractivity contribution is -0.0487. The summed E-state index contributed by atoms with van der Waals surface area (Å²) in [5.74, 6) is -0.144. The monoisotopic (exact) mass is 564 g/mol. The summed E-state index contributed by atoms with van der Waals surface area (Å²) in [5, 5.41) is 12.6. The zero-order chi connectivity index (χ0) is 27.0. The van der Waals surface area contributed by atoms with E-state index >= 15 is 0 Å². The number of hydrogen-bond acceptors (Lipinski definition) is 9. The summed E-state index contributed by atoms with van der Waals surface area (Å²) in [6.45, 7) is 9.82. The largest absolute Gasteiger partial charge is 0.695 e. The highest BCUT2D eigenvalue weighted by Gasteiger charge is 2.54. The van der Waals surface area contributed by atoms with E-state index in [4.69, 9.17) is 13.7 Å². The average Bonchev–Trinajstić information content (AvgIpc) is 3.40. The predicted octanol–water partition coefficient (Wildman–Crippen LogP) is 4.03. The van der Waals surface area contributed by atoms with Crippen LogP contribution in [0.25, 0.3) is 11.2 Å². The van der Waals surface area contributed by atoms with Crippen molar-refractivity contribution in [2.75, 3.05) is 11.9 Å². The minimum Gasteiger partial charge on any atom is -0.406 e. The zero-order valence-electron chi connectivity index (χ0n) is 21.2. The van der Waals surface area contributed by atoms with Crippen molar-refractivity contribution >= 4 is 39.5 Å². The first-order valence-corrected chi connectivity index (χ1v) is 15.8. The van der Waals surface area contributed by atoms with Gasteiger partial charge in [0, 0.05) is 10.1 Å². The molecule has 3 N–H and O–H groups in total. The summed E-state index contributed by atoms with van der Waals surface area (Å²) in [6.07, 6.45) is -0.915. The van der Waals surface area contributed by atoms with Crippen LogP contribution in [-0.4, -0.2) is 68.7 Å². The Hall–Kier alpha value is -2.64. The van der Waals surface area contributed by atoms with Crippen LogP contribution in [0, 0.1) is 0 Å². The molecule has 3 heterocycles. The third kappa shape index (κ3) is 5.99. The van der Waals surface area contributed by atoms with Gasteiger partial charge in [0.2, 0.25) is 0 Å². The first kappa shape index (κ1) is 29.9. The number of anilines is 1. The minimum atomic E-state index is -2.99. The predicted molar refractivity (Wildman–Crippen MR) is 144 cm³/mol. The lowest BCUT2D eigenvalue weighted by Crippen LogP contribution is -2.49. The van der Waals surface area contributed by atoms with Crippen molar-refractivity contribution in [3.05, 3.63) is 48.5 Å². The Labute approximate surface area is 223 Å². The fourth-order valence-corrected chi connectivity index (χ4v) is 5.60. The number of imidazole rings is 1. The standard InChI is InChI=1S/C23H30N5O7PSi.CH4/c1-23(2,3)37(4,5)35-18-17(34-36(31)32)15(11-29)33-22(18)28-13-26-16-19(24-12-25-20(16)28)27-21(30)14-9-7-6-8-10-14;/h6-10,12-13,15,17-18,22,29H,11H2,1-5H3,(H-,24,25,27,30,31,32);1H4/p+1/t15-,17+,18?,22-;/m1./s1. The van der Waals surface area contributed by atoms with Crippen LogP contribution in [0.4, 0.5) is 5.82 Å². The number of aliphatic hydroxyl groups is 1. The second-order valence-corrected chi connectivity index (χ2v) is 15.7. The smallest absolute Gasteiger partial charge is 0.406 e. The first-order valence-electron chi connectivity index (χ1n) is 11.7. The first-order chi connectivity index (χ1) is 17.4. The molecular formula is C24H35N5O7PSi+. The molecule has 206 valence electrons. The maximum absolute atomic E-state index is 12.7. The molecule has 1 aliphatic heterocycles. The van der Waals surface area contributed by atoms with Gasteiger partial charge in [0.15, 0.2) is 37.6 Å². The van der Waals surface area contributed by atoms with Crippen molar-refractivity contribution in [2.24, 2.45) is 0 Å². The van der Waals surface area contributed by atoms with Crippen LogP contribution in [0.1, 0.15) is 44.8 Å². The Morgan fingerprint density at radius 2 is 1.87 bits per heavy atom. The van der Waals surface area contributed by atoms with Gasteiger partial charge in [-0.1, -0.05) is 46.4 Å². The van der Waals surface area contributed by atoms with Gasteiger partial charge in [0.05, 0.1) is 12.9 Å². The van der Waals surface area contributed by atoms with Crippen LogP contribution < -0.4 is 5.32 Å². The SMILES string of the molecule is C.CC(C)(C)[Si](C)(C)OC1[C@@H](O[P+](=O)O)[C@@H](CO)O[C@H]1n1cnc2c(NC(=O)c3ccccc3)ncnc21. The minimum absolute atomic E-state index is 0. The number of fused-ring (bicyclic) bond motifs is 1. The molecule has 0 bridgehead atoms. The molecule has 0 spiro atoms. The number of nitrogens with zero attached hydrogens (tertiary/aromatic N) is 4. The van der Waals surface area contributed by atoms with Gasteiger partial charge in [-0.05, 0) is 30.3 Å². The molecule has 1 aromatic carbocycles. The van der Waals surface area contributed by atoms with Gasteiger partial charge in [0.25, 0.3) is 5.91 Å². The molecule has 1 saturated heterocycles. The number of hydrogen-bond donors (Lipinski definition) is 3. The van der Waals surface area contributed by atoms with Gasteiger partial charge in [0.1, 0.15) is 18.5 Å². The molecule has 0 aliphatic carbocycles. The van der Waals surface area contributed by atoms with Crippen molar-refractivity contribution in [1.82, 2.24) is 19.5 Å². The van der Waals surface area contributed by atoms with Crippen molar-refractivity contribution < 1.29 is 33.0 Å². The van der Waals surface area contributed by atoms with Gasteiger partial charge in [-0.25, -0.2) is 15.0 Å². The van der Waals surface area contributed by atoms with E-state index in [9.17, 15) is 19.4 Å². The number of benzene rings is 1. The van der Waals surface area contributed by atoms with E-state index in [0.29, 0.717) is 16.7 Å². The number of ether oxygens (including phenoxy) is 1. The fourth-order valence-electron chi connectivity index (χ4n) is 3.85. The maximum Gasteiger partial charge on any atom is 0.695 e. The zero-order valence-corrected chi connectivity index (χ0v) is 23.1. The summed E-state index contributed by atoms with van der Waals surface area (Å²) in [4.78, 5) is 35.2. The highest BCUT2D eigenvalue weighted by Crippen LogP contribution is 2.44. The Balaban J connectivity index is 0.00000400. The van der Waals surface area contributed by atoms with Gasteiger partial charge < -0.3 is 19.6 Å². The van der Waals surface area contributed by atoms with Crippen LogP contribution >= 0.6 is 8.25 Å². The maximum atomic E-state index is 12.7. The average molecular weight is 565 g/mol. The van der Waals surface area contributed by atoms with E-state index in [1.54, 1.807) is 28.8 Å². The molecule has 1 amide bonds. The molecular weight excluding hydrogens is 529 g/mol. The molecule has 1 fully saturated rings. The van der Waals surface area contributed by atoms with Crippen LogP contribution in [-0.2, 0) is 18.3 Å². The molecule has 2 aromatic heterocycles. The van der Waals surface area contributed by atoms with Crippen LogP contribution in [0.5, 0.6) is 0 Å². The molecule has 12 nitrogen and oxygen atoms in total. The normalized spacial score (nSPS) is 22.2. The molecule has 38 heavy (non-hydrogen) atoms. The third-order valence-corrected chi connectivity index (χ3v) is 11.7. The molecule has 14 heteroatoms. The van der Waals surface area contributed by atoms with Crippen molar-refractivity contribution in [2.45, 2.75) is 70.9 Å². The highest BCUT2D eigenvalue weighted by molar-refractivity contribution is 7.32. The lowest BCUT2D eigenvalue weighted by atomic mass is 10.1. The van der Waals surface area contributed by atoms with Gasteiger partial charge in [-0.2, -0.15) is 0 Å². The molecule has 5 atom stereocenters. The Morgan fingerprint density at radius 1 is 1.18 bits per heavy atom. The number of aliphatic hydroxyl groups excluding tert-OH is 1. The Kier molecular flexibility index (Phi) is 9.15. The number of rotatable bonds is 8. The highest BCUT2D eigenvalue weighted by atomic mass is 31.1. The van der Waals surface area contributed by atoms with E-state index in [1.165, 1.54) is 12.7 Å². The number of carbonyl (C=O) groups is 1. The van der Waals surface area contributed by atoms with E-state index in [0.717, 1.165) is 0 Å². The summed E-state index contributed by atoms with van der Waals surface area (Å²) in [5.41, 5.74) is 1.12. The lowest BCUT2D eigenvalue weighted by Gasteiger charge is -2.40. The van der Waals surface area contributed by atoms with Crippen molar-refractivity contribution in [3.8, 4) is 0 Å². The molecule has 0 radical (unpaired) electrons. The van der Waals surface area contributed by atoms with Crippen LogP contribution in [0.2, 0.25) is 18.1 Å². The quantitative estimate of drug-likeness (QED) is 0.269. The van der Waals surface area contributed by atoms with Gasteiger partial charge in [-0.15, -0.1) is 9.42 Å². The Morgan fingerprint density at radius 3 is 2.47 bits per heavy atom. The van der Waals surface area contributed by atoms with Crippen molar-refractivity contribution in [1.29, 1.82) is 0 Å². The van der Waals surface area contributed by atoms with Crippen LogP contribution in [0.3, 0.4) is 0 Å². The van der Waals surface area contributed by atoms with Crippen molar-refractivity contribution in [3.63, 3.8) is 0 Å². The number of carbonyl (C=O) groups excluding carboxylic acids is 1. The number of nitrogens with one attached hydrogen (secondary N) is 1. The van der Waals surface area contributed by atoms with Crippen LogP contribution in [0.15, 0.2) is 43.0 Å². The Bertz CT molecular complexity index is 1280. The summed E-state index contributed by atoms with van der Waals surface area (Å²) in [7, 11) is -5.43. The second-order valence-electron chi connectivity index (χ2n) is 10.3. The number of amides is 1. The molecule has 1 aliphatic rings. The number of aromatic nitrogens is 4. The second kappa shape index (κ2) is 11.6. The summed E-state index contributed by atoms with van der Waals surface area (Å²) >= 11 is 0. The molecule has 0 saturated carbocycles. The summed E-state index contributed by atoms with van der Waals surface area (Å²) in [6, 6.07) is 8.70. The van der Waals surface area contributed by atoms with E-state index in [2.05, 4.69) is 41.0 Å².